The summed E-state index contributed by atoms with van der Waals surface area (Å²) in [4.78, 5) is 55.9. The first kappa shape index (κ1) is 26.9. The van der Waals surface area contributed by atoms with Gasteiger partial charge in [-0.15, -0.1) is 11.3 Å². The molecule has 2 N–H and O–H groups in total. The van der Waals surface area contributed by atoms with Crippen LogP contribution >= 0.6 is 23.6 Å². The Balaban J connectivity index is 2.70. The van der Waals surface area contributed by atoms with Crippen molar-refractivity contribution >= 4 is 52.7 Å². The molecule has 184 valence electrons. The number of rotatable bonds is 10. The van der Waals surface area contributed by atoms with Crippen LogP contribution in [0.25, 0.3) is 0 Å². The lowest BCUT2D eigenvalue weighted by atomic mass is 10.1. The summed E-state index contributed by atoms with van der Waals surface area (Å²) >= 11 is 5.82. The van der Waals surface area contributed by atoms with E-state index >= 15 is 0 Å². The molecule has 2 heterocycles. The molecule has 12 nitrogen and oxygen atoms in total. The highest BCUT2D eigenvalue weighted by atomic mass is 32.1. The smallest absolute Gasteiger partial charge is 0.348 e. The number of ether oxygens (including phenoxy) is 4. The lowest BCUT2D eigenvalue weighted by molar-refractivity contribution is -0.139. The second-order valence-electron chi connectivity index (χ2n) is 6.45. The summed E-state index contributed by atoms with van der Waals surface area (Å²) in [6, 6.07) is 0. The second-order valence-corrected chi connectivity index (χ2v) is 7.84. The average molecular weight is 514 g/mol. The molecule has 0 radical (unpaired) electrons. The van der Waals surface area contributed by atoms with Gasteiger partial charge in [0.25, 0.3) is 5.56 Å². The maximum absolute atomic E-state index is 12.7. The molecule has 2 aromatic heterocycles. The zero-order chi connectivity index (χ0) is 25.4. The highest BCUT2D eigenvalue weighted by Crippen LogP contribution is 2.37. The van der Waals surface area contributed by atoms with Crippen molar-refractivity contribution in [1.82, 2.24) is 9.55 Å². The number of nitrogens with one attached hydrogen (secondary N) is 1. The van der Waals surface area contributed by atoms with Gasteiger partial charge in [-0.05, 0) is 19.1 Å². The maximum Gasteiger partial charge on any atom is 0.348 e. The van der Waals surface area contributed by atoms with Gasteiger partial charge in [-0.25, -0.2) is 14.6 Å². The van der Waals surface area contributed by atoms with Crippen molar-refractivity contribution in [2.45, 2.75) is 19.9 Å². The summed E-state index contributed by atoms with van der Waals surface area (Å²) in [7, 11) is 3.77. The molecule has 0 atom stereocenters. The topological polar surface area (TPSA) is 159 Å². The number of hydrogen-bond acceptors (Lipinski definition) is 12. The molecule has 0 amide bonds. The summed E-state index contributed by atoms with van der Waals surface area (Å²) in [5, 5.41) is 10.5. The van der Waals surface area contributed by atoms with Crippen LogP contribution < -0.4 is 5.56 Å². The molecule has 34 heavy (non-hydrogen) atoms. The number of H-pyrrole nitrogens is 1. The monoisotopic (exact) mass is 513 g/mol. The van der Waals surface area contributed by atoms with Gasteiger partial charge in [0.2, 0.25) is 5.88 Å². The molecule has 0 saturated heterocycles. The van der Waals surface area contributed by atoms with Gasteiger partial charge >= 0.3 is 17.9 Å². The number of methoxy groups -OCH3 is 3. The predicted molar refractivity (Wildman–Crippen MR) is 124 cm³/mol. The Morgan fingerprint density at radius 1 is 1.21 bits per heavy atom. The van der Waals surface area contributed by atoms with E-state index in [9.17, 15) is 24.3 Å². The van der Waals surface area contributed by atoms with Gasteiger partial charge in [0.05, 0.1) is 40.4 Å². The zero-order valence-electron chi connectivity index (χ0n) is 18.8. The second kappa shape index (κ2) is 12.2. The highest BCUT2D eigenvalue weighted by molar-refractivity contribution is 7.71. The summed E-state index contributed by atoms with van der Waals surface area (Å²) < 4.78 is 20.7. The number of carbonyl (C=O) groups excluding carboxylic acids is 3. The third-order valence-electron chi connectivity index (χ3n) is 4.42. The average Bonchev–Trinajstić information content (AvgIpc) is 3.16. The molecule has 0 fully saturated rings. The number of carbonyl (C=O) groups is 3. The van der Waals surface area contributed by atoms with E-state index in [2.05, 4.69) is 14.7 Å². The quantitative estimate of drug-likeness (QED) is 0.207. The van der Waals surface area contributed by atoms with Crippen LogP contribution in [0.5, 0.6) is 5.88 Å². The van der Waals surface area contributed by atoms with Gasteiger partial charge in [-0.2, -0.15) is 0 Å². The molecule has 0 unspecified atom stereocenters. The number of aromatic hydroxyl groups is 1. The number of nitrogens with zero attached hydrogens (tertiary/aromatic N) is 2. The maximum atomic E-state index is 12.7. The molecule has 2 rings (SSSR count). The van der Waals surface area contributed by atoms with Crippen molar-refractivity contribution in [2.75, 3.05) is 34.5 Å². The van der Waals surface area contributed by atoms with Crippen molar-refractivity contribution < 1.29 is 38.4 Å². The Hall–Kier alpha value is -3.36. The number of aromatic nitrogens is 2. The Morgan fingerprint density at radius 2 is 1.91 bits per heavy atom. The molecule has 0 aliphatic heterocycles. The Labute approximate surface area is 202 Å². The molecule has 2 aromatic rings. The van der Waals surface area contributed by atoms with Crippen LogP contribution in [0.2, 0.25) is 0 Å². The molecule has 0 saturated carbocycles. The van der Waals surface area contributed by atoms with Gasteiger partial charge in [0, 0.05) is 18.9 Å². The summed E-state index contributed by atoms with van der Waals surface area (Å²) in [5.41, 5.74) is -1.11. The number of esters is 3. The van der Waals surface area contributed by atoms with Crippen molar-refractivity contribution in [1.29, 1.82) is 0 Å². The standard InChI is InChI=1S/C20H23N3O9S2/c1-5-32-18(27)13-10(8-12(24)30-3)14(19(28)31-4)34-16(13)21-9-11-15(25)22-20(33)23(17(11)26)6-7-29-2/h9,26H,5-8H2,1-4H3,(H,22,25,33)/b21-9+. The van der Waals surface area contributed by atoms with Gasteiger partial charge in [-0.3, -0.25) is 19.1 Å². The van der Waals surface area contributed by atoms with E-state index in [0.717, 1.165) is 31.8 Å². The minimum Gasteiger partial charge on any atom is -0.494 e. The van der Waals surface area contributed by atoms with Crippen LogP contribution in [-0.4, -0.2) is 73.3 Å². The van der Waals surface area contributed by atoms with E-state index in [1.165, 1.54) is 11.7 Å². The van der Waals surface area contributed by atoms with E-state index in [4.69, 9.17) is 26.4 Å². The van der Waals surface area contributed by atoms with Crippen molar-refractivity contribution in [3.63, 3.8) is 0 Å². The minimum atomic E-state index is -0.839. The number of hydrogen-bond donors (Lipinski definition) is 2. The fourth-order valence-electron chi connectivity index (χ4n) is 2.80. The third-order valence-corrected chi connectivity index (χ3v) is 5.87. The molecule has 0 aliphatic carbocycles. The fraction of sp³-hybridized carbons (Fsp3) is 0.400. The lowest BCUT2D eigenvalue weighted by Crippen LogP contribution is -2.20. The lowest BCUT2D eigenvalue weighted by Gasteiger charge is -2.10. The van der Waals surface area contributed by atoms with E-state index in [1.54, 1.807) is 6.92 Å². The van der Waals surface area contributed by atoms with Gasteiger partial charge in [-0.1, -0.05) is 0 Å². The molecule has 0 spiro atoms. The van der Waals surface area contributed by atoms with Crippen LogP contribution in [0.3, 0.4) is 0 Å². The zero-order valence-corrected chi connectivity index (χ0v) is 20.5. The van der Waals surface area contributed by atoms with E-state index in [0.29, 0.717) is 0 Å². The summed E-state index contributed by atoms with van der Waals surface area (Å²) in [6.07, 6.45) is 0.596. The minimum absolute atomic E-state index is 0.0171. The molecular weight excluding hydrogens is 490 g/mol. The van der Waals surface area contributed by atoms with Crippen LogP contribution in [0.4, 0.5) is 5.00 Å². The number of aromatic amines is 1. The first-order valence-electron chi connectivity index (χ1n) is 9.77. The van der Waals surface area contributed by atoms with Crippen molar-refractivity contribution in [3.05, 3.63) is 36.7 Å². The van der Waals surface area contributed by atoms with Gasteiger partial charge in [0.1, 0.15) is 21.0 Å². The summed E-state index contributed by atoms with van der Waals surface area (Å²) in [6.45, 7) is 1.97. The molecule has 14 heteroatoms. The Kier molecular flexibility index (Phi) is 9.65. The molecule has 0 bridgehead atoms. The Bertz CT molecular complexity index is 1230. The van der Waals surface area contributed by atoms with E-state index < -0.39 is 35.8 Å². The van der Waals surface area contributed by atoms with Crippen LogP contribution in [0.1, 0.15) is 38.1 Å². The summed E-state index contributed by atoms with van der Waals surface area (Å²) in [5.74, 6) is -2.82. The highest BCUT2D eigenvalue weighted by Gasteiger charge is 2.30. The largest absolute Gasteiger partial charge is 0.494 e. The van der Waals surface area contributed by atoms with E-state index in [-0.39, 0.29) is 51.1 Å². The van der Waals surface area contributed by atoms with Gasteiger partial charge < -0.3 is 24.1 Å². The third kappa shape index (κ3) is 5.95. The molecular formula is C20H23N3O9S2. The first-order valence-corrected chi connectivity index (χ1v) is 11.0. The van der Waals surface area contributed by atoms with Crippen LogP contribution in [0.15, 0.2) is 9.79 Å². The fourth-order valence-corrected chi connectivity index (χ4v) is 4.15. The van der Waals surface area contributed by atoms with Crippen LogP contribution in [-0.2, 0) is 36.7 Å². The van der Waals surface area contributed by atoms with Gasteiger partial charge in [0.15, 0.2) is 4.77 Å². The van der Waals surface area contributed by atoms with Crippen LogP contribution in [0, 0.1) is 4.77 Å². The predicted octanol–water partition coefficient (Wildman–Crippen LogP) is 1.75. The normalized spacial score (nSPS) is 10.9. The number of thiophene rings is 1. The Morgan fingerprint density at radius 3 is 2.50 bits per heavy atom. The number of aliphatic imine (C=N–C) groups is 1. The molecule has 0 aliphatic rings. The van der Waals surface area contributed by atoms with E-state index in [1.807, 2.05) is 0 Å². The van der Waals surface area contributed by atoms with Crippen molar-refractivity contribution in [3.8, 4) is 5.88 Å². The molecule has 0 aromatic carbocycles. The SMILES string of the molecule is CCOC(=O)c1c(/N=C/c2c(O)n(CCOC)c(=S)[nH]c2=O)sc(C(=O)OC)c1CC(=O)OC. The van der Waals surface area contributed by atoms with Crippen molar-refractivity contribution in [2.24, 2.45) is 4.99 Å². The first-order chi connectivity index (χ1) is 16.2.